The van der Waals surface area contributed by atoms with E-state index in [0.717, 1.165) is 18.7 Å². The molecule has 0 aliphatic heterocycles. The third-order valence-electron chi connectivity index (χ3n) is 2.39. The Morgan fingerprint density at radius 3 is 2.33 bits per heavy atom. The summed E-state index contributed by atoms with van der Waals surface area (Å²) in [5.74, 6) is 0.739. The molecular weight excluding hydrogens is 316 g/mol. The van der Waals surface area contributed by atoms with Gasteiger partial charge in [-0.05, 0) is 30.2 Å². The molecule has 1 aromatic carbocycles. The fourth-order valence-corrected chi connectivity index (χ4v) is 2.45. The third kappa shape index (κ3) is 2.59. The van der Waals surface area contributed by atoms with Gasteiger partial charge >= 0.3 is 0 Å². The lowest BCUT2D eigenvalue weighted by Crippen LogP contribution is -2.02. The average molecular weight is 325 g/mol. The summed E-state index contributed by atoms with van der Waals surface area (Å²) in [6, 6.07) is 3.23. The minimum Gasteiger partial charge on any atom is -0.268 e. The van der Waals surface area contributed by atoms with Crippen molar-refractivity contribution in [3.63, 3.8) is 0 Å². The fourth-order valence-electron chi connectivity index (χ4n) is 1.60. The number of benzene rings is 1. The number of aromatic nitrogens is 3. The van der Waals surface area contributed by atoms with Crippen molar-refractivity contribution in [1.29, 1.82) is 0 Å². The average Bonchev–Trinajstić information content (AvgIpc) is 2.66. The number of nitrogens with zero attached hydrogens (tertiary/aromatic N) is 3. The molecule has 7 heteroatoms. The lowest BCUT2D eigenvalue weighted by atomic mass is 10.3. The lowest BCUT2D eigenvalue weighted by molar-refractivity contribution is 0.803. The molecule has 0 bridgehead atoms. The molecule has 2 rings (SSSR count). The van der Waals surface area contributed by atoms with Gasteiger partial charge in [-0.15, -0.1) is 10.2 Å². The number of aryl methyl sites for hydroxylation is 1. The molecule has 96 valence electrons. The van der Waals surface area contributed by atoms with Crippen LogP contribution < -0.4 is 0 Å². The molecule has 0 amide bonds. The van der Waals surface area contributed by atoms with Crippen LogP contribution in [0.15, 0.2) is 12.1 Å². The highest BCUT2D eigenvalue weighted by Gasteiger charge is 2.15. The second-order valence-corrected chi connectivity index (χ2v) is 5.25. The Morgan fingerprint density at radius 2 is 1.67 bits per heavy atom. The molecule has 3 nitrogen and oxygen atoms in total. The first kappa shape index (κ1) is 13.9. The maximum atomic E-state index is 6.16. The van der Waals surface area contributed by atoms with Crippen molar-refractivity contribution in [3.05, 3.63) is 38.3 Å². The Hall–Kier alpha value is -0.480. The Bertz CT molecular complexity index is 580. The summed E-state index contributed by atoms with van der Waals surface area (Å²) < 4.78 is 1.68. The van der Waals surface area contributed by atoms with Gasteiger partial charge in [-0.3, -0.25) is 4.57 Å². The van der Waals surface area contributed by atoms with E-state index in [2.05, 4.69) is 10.2 Å². The molecule has 1 heterocycles. The standard InChI is InChI=1S/C11H9Cl4N3/c1-2-3-10-16-17-11(15)18(10)9-5-7(13)6(12)4-8(9)14/h4-5H,2-3H2,1H3. The SMILES string of the molecule is CCCc1nnc(Cl)n1-c1cc(Cl)c(Cl)cc1Cl. The van der Waals surface area contributed by atoms with Crippen LogP contribution in [0.1, 0.15) is 19.2 Å². The first-order valence-electron chi connectivity index (χ1n) is 5.29. The van der Waals surface area contributed by atoms with Gasteiger partial charge in [-0.1, -0.05) is 41.7 Å². The van der Waals surface area contributed by atoms with Crippen LogP contribution in [-0.4, -0.2) is 14.8 Å². The predicted molar refractivity (Wildman–Crippen MR) is 75.4 cm³/mol. The van der Waals surface area contributed by atoms with E-state index in [1.807, 2.05) is 6.92 Å². The number of hydrogen-bond donors (Lipinski definition) is 0. The number of hydrogen-bond acceptors (Lipinski definition) is 2. The number of rotatable bonds is 3. The molecule has 0 spiro atoms. The molecule has 0 saturated carbocycles. The Kier molecular flexibility index (Phi) is 4.38. The van der Waals surface area contributed by atoms with Crippen LogP contribution in [0.4, 0.5) is 0 Å². The predicted octanol–water partition coefficient (Wildman–Crippen LogP) is 4.83. The third-order valence-corrected chi connectivity index (χ3v) is 3.66. The Balaban J connectivity index is 2.61. The van der Waals surface area contributed by atoms with Crippen LogP contribution in [0, 0.1) is 0 Å². The Morgan fingerprint density at radius 1 is 1.00 bits per heavy atom. The van der Waals surface area contributed by atoms with E-state index in [4.69, 9.17) is 46.4 Å². The summed E-state index contributed by atoms with van der Waals surface area (Å²) >= 11 is 24.1. The molecule has 0 unspecified atom stereocenters. The maximum absolute atomic E-state index is 6.16. The van der Waals surface area contributed by atoms with Crippen LogP contribution in [0.3, 0.4) is 0 Å². The first-order valence-corrected chi connectivity index (χ1v) is 6.80. The van der Waals surface area contributed by atoms with Crippen molar-refractivity contribution >= 4 is 46.4 Å². The van der Waals surface area contributed by atoms with Gasteiger partial charge in [-0.2, -0.15) is 0 Å². The normalized spacial score (nSPS) is 10.9. The molecule has 0 atom stereocenters. The minimum absolute atomic E-state index is 0.249. The molecule has 0 radical (unpaired) electrons. The smallest absolute Gasteiger partial charge is 0.229 e. The van der Waals surface area contributed by atoms with Gasteiger partial charge in [0.15, 0.2) is 0 Å². The summed E-state index contributed by atoms with van der Waals surface area (Å²) in [5, 5.41) is 9.37. The minimum atomic E-state index is 0.249. The van der Waals surface area contributed by atoms with Gasteiger partial charge in [0, 0.05) is 6.42 Å². The summed E-state index contributed by atoms with van der Waals surface area (Å²) in [4.78, 5) is 0. The van der Waals surface area contributed by atoms with Crippen LogP contribution >= 0.6 is 46.4 Å². The van der Waals surface area contributed by atoms with E-state index in [9.17, 15) is 0 Å². The summed E-state index contributed by atoms with van der Waals surface area (Å²) in [6.45, 7) is 2.05. The lowest BCUT2D eigenvalue weighted by Gasteiger charge is -2.10. The zero-order chi connectivity index (χ0) is 13.3. The van der Waals surface area contributed by atoms with E-state index < -0.39 is 0 Å². The molecule has 0 fully saturated rings. The zero-order valence-electron chi connectivity index (χ0n) is 9.42. The maximum Gasteiger partial charge on any atom is 0.229 e. The van der Waals surface area contributed by atoms with E-state index in [-0.39, 0.29) is 5.28 Å². The second-order valence-electron chi connectivity index (χ2n) is 3.69. The highest BCUT2D eigenvalue weighted by atomic mass is 35.5. The van der Waals surface area contributed by atoms with Crippen LogP contribution in [0.25, 0.3) is 5.69 Å². The Labute approximate surface area is 125 Å². The largest absolute Gasteiger partial charge is 0.268 e. The molecule has 0 N–H and O–H groups in total. The van der Waals surface area contributed by atoms with Crippen LogP contribution in [0.2, 0.25) is 20.4 Å². The van der Waals surface area contributed by atoms with Crippen molar-refractivity contribution in [2.45, 2.75) is 19.8 Å². The van der Waals surface area contributed by atoms with E-state index >= 15 is 0 Å². The van der Waals surface area contributed by atoms with Gasteiger partial charge < -0.3 is 0 Å². The second kappa shape index (κ2) is 5.66. The van der Waals surface area contributed by atoms with Crippen molar-refractivity contribution in [2.75, 3.05) is 0 Å². The summed E-state index contributed by atoms with van der Waals surface area (Å²) in [7, 11) is 0. The van der Waals surface area contributed by atoms with E-state index in [1.165, 1.54) is 0 Å². The molecular formula is C11H9Cl4N3. The number of halogens is 4. The molecule has 0 saturated heterocycles. The van der Waals surface area contributed by atoms with Gasteiger partial charge in [0.1, 0.15) is 5.82 Å². The van der Waals surface area contributed by atoms with Gasteiger partial charge in [0.05, 0.1) is 20.8 Å². The zero-order valence-corrected chi connectivity index (χ0v) is 12.4. The van der Waals surface area contributed by atoms with Crippen molar-refractivity contribution in [3.8, 4) is 5.69 Å². The van der Waals surface area contributed by atoms with Crippen LogP contribution in [-0.2, 0) is 6.42 Å². The molecule has 1 aromatic heterocycles. The molecule has 2 aromatic rings. The highest BCUT2D eigenvalue weighted by Crippen LogP contribution is 2.33. The first-order chi connectivity index (χ1) is 8.54. The molecule has 0 aliphatic carbocycles. The van der Waals surface area contributed by atoms with Gasteiger partial charge in [0.2, 0.25) is 5.28 Å². The van der Waals surface area contributed by atoms with Crippen molar-refractivity contribution < 1.29 is 0 Å². The van der Waals surface area contributed by atoms with Crippen molar-refractivity contribution in [2.24, 2.45) is 0 Å². The fraction of sp³-hybridized carbons (Fsp3) is 0.273. The summed E-state index contributed by atoms with van der Waals surface area (Å²) in [6.07, 6.45) is 1.67. The van der Waals surface area contributed by atoms with E-state index in [0.29, 0.717) is 20.8 Å². The summed E-state index contributed by atoms with van der Waals surface area (Å²) in [5.41, 5.74) is 0.629. The monoisotopic (exact) mass is 323 g/mol. The van der Waals surface area contributed by atoms with E-state index in [1.54, 1.807) is 16.7 Å². The highest BCUT2D eigenvalue weighted by molar-refractivity contribution is 6.43. The molecule has 18 heavy (non-hydrogen) atoms. The topological polar surface area (TPSA) is 30.7 Å². The molecule has 0 aliphatic rings. The van der Waals surface area contributed by atoms with Crippen molar-refractivity contribution in [1.82, 2.24) is 14.8 Å². The van der Waals surface area contributed by atoms with Gasteiger partial charge in [0.25, 0.3) is 0 Å². The van der Waals surface area contributed by atoms with Crippen LogP contribution in [0.5, 0.6) is 0 Å². The van der Waals surface area contributed by atoms with Gasteiger partial charge in [-0.25, -0.2) is 0 Å². The quantitative estimate of drug-likeness (QED) is 0.757.